The fourth-order valence-electron chi connectivity index (χ4n) is 4.80. The first-order chi connectivity index (χ1) is 19.8. The summed E-state index contributed by atoms with van der Waals surface area (Å²) in [5.74, 6) is -7.42. The molecule has 226 valence electrons. The van der Waals surface area contributed by atoms with E-state index in [0.29, 0.717) is 5.56 Å². The van der Waals surface area contributed by atoms with Crippen LogP contribution >= 0.6 is 0 Å². The number of nitrogens with zero attached hydrogens (tertiary/aromatic N) is 1. The van der Waals surface area contributed by atoms with Gasteiger partial charge in [0.15, 0.2) is 0 Å². The molecule has 0 bridgehead atoms. The van der Waals surface area contributed by atoms with Crippen LogP contribution in [0, 0.1) is 17.8 Å². The Morgan fingerprint density at radius 3 is 1.95 bits per heavy atom. The Bertz CT molecular complexity index is 1400. The minimum atomic E-state index is -4.60. The molecule has 0 saturated heterocycles. The van der Waals surface area contributed by atoms with Gasteiger partial charge in [0.05, 0.1) is 38.8 Å². The Labute approximate surface area is 271 Å². The van der Waals surface area contributed by atoms with Gasteiger partial charge in [-0.2, -0.15) is 0 Å². The van der Waals surface area contributed by atoms with Crippen molar-refractivity contribution in [2.24, 2.45) is 17.8 Å². The van der Waals surface area contributed by atoms with Gasteiger partial charge in [0.2, 0.25) is 17.7 Å². The van der Waals surface area contributed by atoms with Gasteiger partial charge in [-0.05, 0) is 30.0 Å². The Balaban J connectivity index is 0.00000645. The van der Waals surface area contributed by atoms with Crippen LogP contribution in [0.5, 0.6) is 0 Å². The van der Waals surface area contributed by atoms with Crippen molar-refractivity contribution in [2.75, 3.05) is 18.8 Å². The van der Waals surface area contributed by atoms with E-state index in [9.17, 15) is 42.2 Å². The van der Waals surface area contributed by atoms with Gasteiger partial charge in [-0.3, -0.25) is 34.1 Å². The van der Waals surface area contributed by atoms with E-state index in [2.05, 4.69) is 10.6 Å². The summed E-state index contributed by atoms with van der Waals surface area (Å²) < 4.78 is 33.0. The van der Waals surface area contributed by atoms with Crippen LogP contribution in [0.4, 0.5) is 0 Å². The second-order valence-electron chi connectivity index (χ2n) is 10.4. The van der Waals surface area contributed by atoms with E-state index in [-0.39, 0.29) is 59.4 Å². The second-order valence-corrected chi connectivity index (χ2v) is 11.9. The molecule has 1 aliphatic rings. The second kappa shape index (κ2) is 16.1. The van der Waals surface area contributed by atoms with Crippen molar-refractivity contribution in [1.29, 1.82) is 0 Å². The SMILES string of the molecule is CC(C)C[C@@H](C(=O)N[C@H](Cc1ccccc1)C(=O)NCCS(=O)(=O)[O-])C(CN1C(=O)c2ccccc2C1=O)C(=O)NO.[Na+]. The van der Waals surface area contributed by atoms with Crippen molar-refractivity contribution in [1.82, 2.24) is 21.0 Å². The van der Waals surface area contributed by atoms with E-state index >= 15 is 0 Å². The molecule has 1 aliphatic heterocycles. The first kappa shape index (κ1) is 36.1. The van der Waals surface area contributed by atoms with Crippen LogP contribution in [0.25, 0.3) is 0 Å². The number of nitrogens with one attached hydrogen (secondary N) is 3. The first-order valence-electron chi connectivity index (χ1n) is 13.3. The van der Waals surface area contributed by atoms with Gasteiger partial charge < -0.3 is 15.2 Å². The van der Waals surface area contributed by atoms with Crippen LogP contribution in [-0.2, 0) is 30.9 Å². The third-order valence-electron chi connectivity index (χ3n) is 6.82. The predicted molar refractivity (Wildman–Crippen MR) is 148 cm³/mol. The average molecular weight is 625 g/mol. The zero-order chi connectivity index (χ0) is 31.0. The largest absolute Gasteiger partial charge is 1.00 e. The number of hydroxylamine groups is 1. The summed E-state index contributed by atoms with van der Waals surface area (Å²) in [6.45, 7) is 2.58. The number of carbonyl (C=O) groups is 5. The topological polar surface area (TPSA) is 202 Å². The van der Waals surface area contributed by atoms with Gasteiger partial charge in [-0.15, -0.1) is 0 Å². The number of amides is 5. The van der Waals surface area contributed by atoms with Crippen molar-refractivity contribution in [2.45, 2.75) is 32.7 Å². The van der Waals surface area contributed by atoms with Crippen molar-refractivity contribution >= 4 is 39.7 Å². The minimum Gasteiger partial charge on any atom is -0.748 e. The molecule has 13 nitrogen and oxygen atoms in total. The number of hydrogen-bond acceptors (Lipinski definition) is 9. The molecule has 3 atom stereocenters. The molecular formula is C28H33N4NaO9S. The van der Waals surface area contributed by atoms with E-state index in [4.69, 9.17) is 0 Å². The molecule has 0 saturated carbocycles. The zero-order valence-corrected chi connectivity index (χ0v) is 26.9. The molecule has 3 rings (SSSR count). The molecule has 0 aliphatic carbocycles. The van der Waals surface area contributed by atoms with Gasteiger partial charge in [0.1, 0.15) is 6.04 Å². The minimum absolute atomic E-state index is 0. The maximum Gasteiger partial charge on any atom is 1.00 e. The van der Waals surface area contributed by atoms with E-state index in [0.717, 1.165) is 4.90 Å². The third kappa shape index (κ3) is 9.95. The molecule has 1 heterocycles. The summed E-state index contributed by atoms with van der Waals surface area (Å²) >= 11 is 0. The number of benzene rings is 2. The van der Waals surface area contributed by atoms with Crippen LogP contribution in [0.1, 0.15) is 46.5 Å². The van der Waals surface area contributed by atoms with Gasteiger partial charge in [-0.1, -0.05) is 56.3 Å². The Hall–Kier alpha value is -3.14. The standard InChI is InChI=1S/C28H34N4O9S.Na/c1-17(2)14-21(22(25(34)31-38)16-32-27(36)19-10-6-7-11-20(19)28(32)37)24(33)30-23(15-18-8-4-3-5-9-18)26(35)29-12-13-42(39,40)41;/h3-11,17,21-23,38H,12-16H2,1-2H3,(H,29,35)(H,30,33)(H,31,34)(H,39,40,41);/q;+1/p-1/t21-,22?,23-;/m1./s1. The van der Waals surface area contributed by atoms with E-state index < -0.39 is 76.4 Å². The van der Waals surface area contributed by atoms with Crippen molar-refractivity contribution in [3.8, 4) is 0 Å². The van der Waals surface area contributed by atoms with Crippen molar-refractivity contribution in [3.05, 3.63) is 71.3 Å². The number of rotatable bonds is 14. The maximum atomic E-state index is 13.7. The van der Waals surface area contributed by atoms with Crippen LogP contribution in [0.3, 0.4) is 0 Å². The molecule has 1 unspecified atom stereocenters. The smallest absolute Gasteiger partial charge is 0.748 e. The van der Waals surface area contributed by atoms with Crippen LogP contribution in [-0.4, -0.2) is 77.5 Å². The molecule has 0 aromatic heterocycles. The summed E-state index contributed by atoms with van der Waals surface area (Å²) in [4.78, 5) is 66.5. The first-order valence-corrected chi connectivity index (χ1v) is 14.8. The molecule has 5 amide bonds. The predicted octanol–water partition coefficient (Wildman–Crippen LogP) is -2.54. The maximum absolute atomic E-state index is 13.7. The monoisotopic (exact) mass is 624 g/mol. The number of carbonyl (C=O) groups excluding carboxylic acids is 5. The quantitative estimate of drug-likeness (QED) is 0.0574. The van der Waals surface area contributed by atoms with Gasteiger partial charge in [-0.25, -0.2) is 13.9 Å². The fourth-order valence-corrected chi connectivity index (χ4v) is 5.15. The Morgan fingerprint density at radius 1 is 0.884 bits per heavy atom. The molecule has 2 aromatic carbocycles. The number of imide groups is 1. The van der Waals surface area contributed by atoms with Crippen LogP contribution in [0.2, 0.25) is 0 Å². The van der Waals surface area contributed by atoms with Gasteiger partial charge >= 0.3 is 29.6 Å². The summed E-state index contributed by atoms with van der Waals surface area (Å²) in [5.41, 5.74) is 2.48. The molecular weight excluding hydrogens is 591 g/mol. The molecule has 15 heteroatoms. The summed E-state index contributed by atoms with van der Waals surface area (Å²) in [6, 6.07) is 13.5. The van der Waals surface area contributed by atoms with E-state index in [1.165, 1.54) is 17.6 Å². The summed E-state index contributed by atoms with van der Waals surface area (Å²) in [7, 11) is -4.60. The normalized spacial score (nSPS) is 14.8. The molecule has 0 radical (unpaired) electrons. The molecule has 4 N–H and O–H groups in total. The molecule has 0 fully saturated rings. The van der Waals surface area contributed by atoms with Gasteiger partial charge in [0, 0.05) is 19.5 Å². The van der Waals surface area contributed by atoms with Crippen molar-refractivity contribution in [3.63, 3.8) is 0 Å². The Kier molecular flexibility index (Phi) is 13.5. The van der Waals surface area contributed by atoms with Gasteiger partial charge in [0.25, 0.3) is 11.8 Å². The zero-order valence-electron chi connectivity index (χ0n) is 24.1. The Morgan fingerprint density at radius 2 is 1.44 bits per heavy atom. The molecule has 0 spiro atoms. The summed E-state index contributed by atoms with van der Waals surface area (Å²) in [6.07, 6.45) is 0.0768. The number of hydrogen-bond donors (Lipinski definition) is 4. The molecule has 43 heavy (non-hydrogen) atoms. The van der Waals surface area contributed by atoms with E-state index in [1.807, 2.05) is 0 Å². The van der Waals surface area contributed by atoms with Crippen LogP contribution < -0.4 is 45.7 Å². The van der Waals surface area contributed by atoms with Crippen LogP contribution in [0.15, 0.2) is 54.6 Å². The summed E-state index contributed by atoms with van der Waals surface area (Å²) in [5, 5.41) is 14.5. The fraction of sp³-hybridized carbons (Fsp3) is 0.393. The van der Waals surface area contributed by atoms with Crippen molar-refractivity contribution < 1.29 is 71.7 Å². The number of fused-ring (bicyclic) bond motifs is 1. The average Bonchev–Trinajstić information content (AvgIpc) is 3.18. The van der Waals surface area contributed by atoms with E-state index in [1.54, 1.807) is 56.3 Å². The molecule has 2 aromatic rings. The third-order valence-corrected chi connectivity index (χ3v) is 7.52.